The molecule has 0 bridgehead atoms. The van der Waals surface area contributed by atoms with E-state index in [1.54, 1.807) is 12.1 Å². The second kappa shape index (κ2) is 7.74. The van der Waals surface area contributed by atoms with Crippen molar-refractivity contribution in [2.45, 2.75) is 39.3 Å². The summed E-state index contributed by atoms with van der Waals surface area (Å²) in [5, 5.41) is 14.5. The Hall–Kier alpha value is -2.28. The third-order valence-corrected chi connectivity index (χ3v) is 4.18. The lowest BCUT2D eigenvalue weighted by Gasteiger charge is -2.38. The van der Waals surface area contributed by atoms with Crippen LogP contribution in [0.1, 0.15) is 27.7 Å². The standard InChI is InChI=1S/C18H28N4O3/c1-13(16(24)19-17(25)20-18(2,3)4)21-9-11-22(12-10-21)14-5-7-15(23)8-6-14/h5-8,13,23H,9-12H2,1-4H3,(H2,19,20,24,25)/t13-/m0/s1. The van der Waals surface area contributed by atoms with Crippen LogP contribution < -0.4 is 15.5 Å². The predicted octanol–water partition coefficient (Wildman–Crippen LogP) is 1.53. The molecule has 0 saturated carbocycles. The summed E-state index contributed by atoms with van der Waals surface area (Å²) in [6.45, 7) is 10.4. The highest BCUT2D eigenvalue weighted by Crippen LogP contribution is 2.20. The molecule has 138 valence electrons. The molecule has 7 heteroatoms. The Balaban J connectivity index is 1.84. The molecule has 2 rings (SSSR count). The van der Waals surface area contributed by atoms with Gasteiger partial charge >= 0.3 is 6.03 Å². The molecule has 0 spiro atoms. The third-order valence-electron chi connectivity index (χ3n) is 4.18. The van der Waals surface area contributed by atoms with Gasteiger partial charge in [-0.2, -0.15) is 0 Å². The van der Waals surface area contributed by atoms with Gasteiger partial charge in [0, 0.05) is 37.4 Å². The molecule has 1 aliphatic rings. The van der Waals surface area contributed by atoms with Gasteiger partial charge in [0.1, 0.15) is 5.75 Å². The van der Waals surface area contributed by atoms with Crippen LogP contribution in [-0.4, -0.2) is 59.7 Å². The number of anilines is 1. The van der Waals surface area contributed by atoms with E-state index >= 15 is 0 Å². The average molecular weight is 348 g/mol. The van der Waals surface area contributed by atoms with Crippen molar-refractivity contribution < 1.29 is 14.7 Å². The minimum atomic E-state index is -0.466. The van der Waals surface area contributed by atoms with Gasteiger partial charge in [0.05, 0.1) is 6.04 Å². The normalized spacial score (nSPS) is 17.0. The van der Waals surface area contributed by atoms with Gasteiger partial charge in [-0.25, -0.2) is 4.79 Å². The Morgan fingerprint density at radius 3 is 2.16 bits per heavy atom. The number of amides is 3. The minimum absolute atomic E-state index is 0.251. The molecule has 3 amide bonds. The Labute approximate surface area is 149 Å². The van der Waals surface area contributed by atoms with Crippen LogP contribution >= 0.6 is 0 Å². The van der Waals surface area contributed by atoms with E-state index in [9.17, 15) is 14.7 Å². The van der Waals surface area contributed by atoms with Gasteiger partial charge in [0.2, 0.25) is 5.91 Å². The van der Waals surface area contributed by atoms with Crippen molar-refractivity contribution in [2.24, 2.45) is 0 Å². The molecule has 3 N–H and O–H groups in total. The fourth-order valence-corrected chi connectivity index (χ4v) is 2.78. The number of carbonyl (C=O) groups excluding carboxylic acids is 2. The Morgan fingerprint density at radius 1 is 1.08 bits per heavy atom. The number of rotatable bonds is 3. The molecule has 1 aromatic carbocycles. The molecule has 1 aromatic rings. The van der Waals surface area contributed by atoms with E-state index in [-0.39, 0.29) is 23.2 Å². The first-order chi connectivity index (χ1) is 11.7. The van der Waals surface area contributed by atoms with Gasteiger partial charge in [0.25, 0.3) is 0 Å². The number of piperazine rings is 1. The predicted molar refractivity (Wildman–Crippen MR) is 97.8 cm³/mol. The first-order valence-electron chi connectivity index (χ1n) is 8.57. The molecule has 0 aliphatic carbocycles. The van der Waals surface area contributed by atoms with Gasteiger partial charge < -0.3 is 15.3 Å². The number of phenols is 1. The number of aromatic hydroxyl groups is 1. The molecule has 7 nitrogen and oxygen atoms in total. The van der Waals surface area contributed by atoms with E-state index in [0.717, 1.165) is 31.9 Å². The Morgan fingerprint density at radius 2 is 1.64 bits per heavy atom. The van der Waals surface area contributed by atoms with Crippen molar-refractivity contribution >= 4 is 17.6 Å². The third kappa shape index (κ3) is 5.63. The van der Waals surface area contributed by atoms with E-state index in [1.165, 1.54) is 0 Å². The molecule has 0 radical (unpaired) electrons. The first kappa shape index (κ1) is 19.1. The van der Waals surface area contributed by atoms with Gasteiger partial charge in [-0.1, -0.05) is 0 Å². The van der Waals surface area contributed by atoms with Crippen LogP contribution in [0, 0.1) is 0 Å². The number of nitrogens with one attached hydrogen (secondary N) is 2. The number of phenolic OH excluding ortho intramolecular Hbond substituents is 1. The molecule has 1 atom stereocenters. The van der Waals surface area contributed by atoms with Crippen molar-refractivity contribution in [1.29, 1.82) is 0 Å². The van der Waals surface area contributed by atoms with E-state index in [2.05, 4.69) is 20.4 Å². The first-order valence-corrected chi connectivity index (χ1v) is 8.57. The smallest absolute Gasteiger partial charge is 0.321 e. The monoisotopic (exact) mass is 348 g/mol. The van der Waals surface area contributed by atoms with Crippen LogP contribution in [0.3, 0.4) is 0 Å². The molecule has 0 unspecified atom stereocenters. The maximum Gasteiger partial charge on any atom is 0.321 e. The van der Waals surface area contributed by atoms with Crippen LogP contribution in [0.2, 0.25) is 0 Å². The lowest BCUT2D eigenvalue weighted by atomic mass is 10.1. The summed E-state index contributed by atoms with van der Waals surface area (Å²) in [5.74, 6) is -0.0407. The molecule has 25 heavy (non-hydrogen) atoms. The summed E-state index contributed by atoms with van der Waals surface area (Å²) in [6.07, 6.45) is 0. The number of urea groups is 1. The SMILES string of the molecule is C[C@@H](C(=O)NC(=O)NC(C)(C)C)N1CCN(c2ccc(O)cc2)CC1. The van der Waals surface area contributed by atoms with Crippen molar-refractivity contribution in [3.05, 3.63) is 24.3 Å². The largest absolute Gasteiger partial charge is 0.508 e. The highest BCUT2D eigenvalue weighted by Gasteiger charge is 2.27. The zero-order chi connectivity index (χ0) is 18.6. The van der Waals surface area contributed by atoms with Crippen LogP contribution in [0.5, 0.6) is 5.75 Å². The van der Waals surface area contributed by atoms with Gasteiger partial charge in [-0.05, 0) is 52.0 Å². The fourth-order valence-electron chi connectivity index (χ4n) is 2.78. The number of benzene rings is 1. The summed E-state index contributed by atoms with van der Waals surface area (Å²) >= 11 is 0. The quantitative estimate of drug-likeness (QED) is 0.771. The summed E-state index contributed by atoms with van der Waals surface area (Å²) in [4.78, 5) is 28.4. The maximum atomic E-state index is 12.3. The van der Waals surface area contributed by atoms with E-state index in [0.29, 0.717) is 0 Å². The second-order valence-corrected chi connectivity index (χ2v) is 7.41. The molecular formula is C18H28N4O3. The number of imide groups is 1. The molecule has 0 aromatic heterocycles. The summed E-state index contributed by atoms with van der Waals surface area (Å²) in [6, 6.07) is 6.28. The lowest BCUT2D eigenvalue weighted by molar-refractivity contribution is -0.124. The summed E-state index contributed by atoms with van der Waals surface area (Å²) in [5.41, 5.74) is 0.669. The zero-order valence-corrected chi connectivity index (χ0v) is 15.4. The molecule has 1 saturated heterocycles. The summed E-state index contributed by atoms with van der Waals surface area (Å²) < 4.78 is 0. The Bertz CT molecular complexity index is 602. The number of hydrogen-bond acceptors (Lipinski definition) is 5. The minimum Gasteiger partial charge on any atom is -0.508 e. The van der Waals surface area contributed by atoms with Gasteiger partial charge in [-0.3, -0.25) is 15.0 Å². The number of hydrogen-bond donors (Lipinski definition) is 3. The maximum absolute atomic E-state index is 12.3. The zero-order valence-electron chi connectivity index (χ0n) is 15.4. The fraction of sp³-hybridized carbons (Fsp3) is 0.556. The van der Waals surface area contributed by atoms with Gasteiger partial charge in [-0.15, -0.1) is 0 Å². The van der Waals surface area contributed by atoms with E-state index < -0.39 is 6.03 Å². The van der Waals surface area contributed by atoms with Crippen molar-refractivity contribution in [3.8, 4) is 5.75 Å². The second-order valence-electron chi connectivity index (χ2n) is 7.41. The van der Waals surface area contributed by atoms with Crippen LogP contribution in [0.4, 0.5) is 10.5 Å². The van der Waals surface area contributed by atoms with Crippen LogP contribution in [0.15, 0.2) is 24.3 Å². The van der Waals surface area contributed by atoms with Crippen LogP contribution in [-0.2, 0) is 4.79 Å². The topological polar surface area (TPSA) is 84.9 Å². The molecule has 1 fully saturated rings. The van der Waals surface area contributed by atoms with Crippen molar-refractivity contribution in [2.75, 3.05) is 31.1 Å². The number of nitrogens with zero attached hydrogens (tertiary/aromatic N) is 2. The average Bonchev–Trinajstić information content (AvgIpc) is 2.53. The molecule has 1 aliphatic heterocycles. The van der Waals surface area contributed by atoms with Gasteiger partial charge in [0.15, 0.2) is 0 Å². The van der Waals surface area contributed by atoms with Crippen molar-refractivity contribution in [1.82, 2.24) is 15.5 Å². The Kier molecular flexibility index (Phi) is 5.89. The lowest BCUT2D eigenvalue weighted by Crippen LogP contribution is -2.56. The molecular weight excluding hydrogens is 320 g/mol. The van der Waals surface area contributed by atoms with Crippen LogP contribution in [0.25, 0.3) is 0 Å². The summed E-state index contributed by atoms with van der Waals surface area (Å²) in [7, 11) is 0. The van der Waals surface area contributed by atoms with E-state index in [1.807, 2.05) is 39.8 Å². The van der Waals surface area contributed by atoms with E-state index in [4.69, 9.17) is 0 Å². The highest BCUT2D eigenvalue weighted by atomic mass is 16.3. The van der Waals surface area contributed by atoms with Crippen molar-refractivity contribution in [3.63, 3.8) is 0 Å². The molecule has 1 heterocycles. The number of carbonyl (C=O) groups is 2. The highest BCUT2D eigenvalue weighted by molar-refractivity contribution is 5.97.